The molecule has 3 rings (SSSR count). The summed E-state index contributed by atoms with van der Waals surface area (Å²) in [6.07, 6.45) is -0.318. The summed E-state index contributed by atoms with van der Waals surface area (Å²) in [4.78, 5) is 94.5. The summed E-state index contributed by atoms with van der Waals surface area (Å²) in [7, 11) is 0. The number of benzene rings is 2. The number of esters is 1. The topological polar surface area (TPSA) is 210 Å². The third-order valence-corrected chi connectivity index (χ3v) is 9.19. The van der Waals surface area contributed by atoms with E-state index in [0.717, 1.165) is 11.1 Å². The largest absolute Gasteiger partial charge is 0.480 e. The Balaban J connectivity index is 1.86. The van der Waals surface area contributed by atoms with Crippen LogP contribution < -0.4 is 21.3 Å². The molecule has 0 bridgehead atoms. The number of carboxylic acid groups (broad SMARTS) is 1. The molecule has 2 aromatic rings. The molecule has 15 nitrogen and oxygen atoms in total. The predicted octanol–water partition coefficient (Wildman–Crippen LogP) is 3.88. The number of amides is 5. The first-order chi connectivity index (χ1) is 26.8. The van der Waals surface area contributed by atoms with Gasteiger partial charge in [-0.2, -0.15) is 0 Å². The van der Waals surface area contributed by atoms with Gasteiger partial charge in [0.05, 0.1) is 0 Å². The van der Waals surface area contributed by atoms with Crippen molar-refractivity contribution in [2.24, 2.45) is 11.8 Å². The van der Waals surface area contributed by atoms with Gasteiger partial charge in [0.2, 0.25) is 23.6 Å². The number of alkyl carbamates (subject to hydrolysis) is 1. The molecular formula is C42H59N5O10. The monoisotopic (exact) mass is 793 g/mol. The Labute approximate surface area is 335 Å². The van der Waals surface area contributed by atoms with E-state index in [1.807, 2.05) is 26.0 Å². The van der Waals surface area contributed by atoms with Gasteiger partial charge < -0.3 is 40.7 Å². The van der Waals surface area contributed by atoms with E-state index in [9.17, 15) is 38.7 Å². The first kappa shape index (κ1) is 45.9. The quantitative estimate of drug-likeness (QED) is 0.130. The Hall–Kier alpha value is -5.47. The van der Waals surface area contributed by atoms with Crippen LogP contribution in [0.4, 0.5) is 4.79 Å². The van der Waals surface area contributed by atoms with E-state index in [1.165, 1.54) is 4.90 Å². The summed E-state index contributed by atoms with van der Waals surface area (Å²) in [6.45, 7) is 12.4. The lowest BCUT2D eigenvalue weighted by Crippen LogP contribution is -2.60. The van der Waals surface area contributed by atoms with Crippen LogP contribution in [0.1, 0.15) is 91.7 Å². The Morgan fingerprint density at radius 3 is 1.89 bits per heavy atom. The van der Waals surface area contributed by atoms with Gasteiger partial charge in [0, 0.05) is 19.4 Å². The van der Waals surface area contributed by atoms with Crippen molar-refractivity contribution in [3.05, 3.63) is 71.8 Å². The molecule has 312 valence electrons. The molecule has 2 aromatic carbocycles. The molecule has 5 amide bonds. The average Bonchev–Trinajstić information content (AvgIpc) is 3.64. The number of carboxylic acids is 1. The Bertz CT molecular complexity index is 1680. The Morgan fingerprint density at radius 2 is 1.33 bits per heavy atom. The second kappa shape index (κ2) is 21.7. The second-order valence-electron chi connectivity index (χ2n) is 16.1. The van der Waals surface area contributed by atoms with Crippen molar-refractivity contribution in [3.8, 4) is 0 Å². The zero-order valence-corrected chi connectivity index (χ0v) is 34.0. The molecule has 5 N–H and O–H groups in total. The molecule has 0 unspecified atom stereocenters. The van der Waals surface area contributed by atoms with Crippen LogP contribution in [0.5, 0.6) is 0 Å². The van der Waals surface area contributed by atoms with Gasteiger partial charge in [-0.25, -0.2) is 9.59 Å². The first-order valence-corrected chi connectivity index (χ1v) is 19.5. The molecule has 0 saturated carbocycles. The fraction of sp³-hybridized carbons (Fsp3) is 0.548. The van der Waals surface area contributed by atoms with Gasteiger partial charge in [-0.3, -0.25) is 24.0 Å². The lowest BCUT2D eigenvalue weighted by molar-refractivity contribution is -0.149. The third kappa shape index (κ3) is 15.5. The second-order valence-corrected chi connectivity index (χ2v) is 16.1. The fourth-order valence-corrected chi connectivity index (χ4v) is 6.36. The maximum atomic E-state index is 14.1. The summed E-state index contributed by atoms with van der Waals surface area (Å²) in [6, 6.07) is 12.1. The number of likely N-dealkylation sites (tertiary alicyclic amines) is 1. The number of carbonyl (C=O) groups is 7. The summed E-state index contributed by atoms with van der Waals surface area (Å²) in [5.41, 5.74) is 0.651. The van der Waals surface area contributed by atoms with E-state index in [2.05, 4.69) is 21.3 Å². The molecular weight excluding hydrogens is 734 g/mol. The number of hydrogen-bond acceptors (Lipinski definition) is 9. The zero-order chi connectivity index (χ0) is 42.3. The van der Waals surface area contributed by atoms with Crippen LogP contribution in [0.15, 0.2) is 60.7 Å². The van der Waals surface area contributed by atoms with E-state index in [0.29, 0.717) is 6.42 Å². The molecule has 0 aromatic heterocycles. The van der Waals surface area contributed by atoms with Gasteiger partial charge in [0.25, 0.3) is 0 Å². The fourth-order valence-electron chi connectivity index (χ4n) is 6.36. The molecule has 0 aliphatic carbocycles. The normalized spacial score (nSPS) is 16.2. The molecule has 15 heteroatoms. The van der Waals surface area contributed by atoms with Gasteiger partial charge in [0.1, 0.15) is 42.4 Å². The molecule has 5 atom stereocenters. The van der Waals surface area contributed by atoms with Crippen molar-refractivity contribution in [2.45, 2.75) is 129 Å². The van der Waals surface area contributed by atoms with Crippen molar-refractivity contribution < 1.29 is 48.1 Å². The highest BCUT2D eigenvalue weighted by molar-refractivity contribution is 5.96. The minimum absolute atomic E-state index is 0.00225. The van der Waals surface area contributed by atoms with Crippen molar-refractivity contribution in [2.75, 3.05) is 6.54 Å². The predicted molar refractivity (Wildman–Crippen MR) is 211 cm³/mol. The summed E-state index contributed by atoms with van der Waals surface area (Å²) in [5, 5.41) is 20.5. The number of hydrogen-bond donors (Lipinski definition) is 5. The van der Waals surface area contributed by atoms with Crippen molar-refractivity contribution in [1.82, 2.24) is 26.2 Å². The van der Waals surface area contributed by atoms with E-state index in [1.54, 1.807) is 83.1 Å². The van der Waals surface area contributed by atoms with Crippen LogP contribution in [-0.4, -0.2) is 94.0 Å². The van der Waals surface area contributed by atoms with Gasteiger partial charge in [0.15, 0.2) is 0 Å². The van der Waals surface area contributed by atoms with E-state index < -0.39 is 83.4 Å². The molecule has 1 fully saturated rings. The van der Waals surface area contributed by atoms with Gasteiger partial charge in [-0.05, 0) is 69.4 Å². The minimum Gasteiger partial charge on any atom is -0.480 e. The maximum Gasteiger partial charge on any atom is 0.408 e. The third-order valence-electron chi connectivity index (χ3n) is 9.19. The number of ether oxygens (including phenoxy) is 2. The molecule has 1 saturated heterocycles. The molecule has 0 spiro atoms. The van der Waals surface area contributed by atoms with E-state index in [4.69, 9.17) is 9.47 Å². The van der Waals surface area contributed by atoms with Crippen LogP contribution in [0.3, 0.4) is 0 Å². The minimum atomic E-state index is -1.35. The van der Waals surface area contributed by atoms with Crippen LogP contribution in [0, 0.1) is 11.8 Å². The lowest BCUT2D eigenvalue weighted by atomic mass is 9.99. The molecule has 57 heavy (non-hydrogen) atoms. The van der Waals surface area contributed by atoms with Crippen molar-refractivity contribution in [3.63, 3.8) is 0 Å². The van der Waals surface area contributed by atoms with Crippen molar-refractivity contribution >= 4 is 41.7 Å². The summed E-state index contributed by atoms with van der Waals surface area (Å²) in [5.74, 6) is -5.05. The number of carbonyl (C=O) groups excluding carboxylic acids is 6. The van der Waals surface area contributed by atoms with Crippen LogP contribution in [0.2, 0.25) is 0 Å². The Morgan fingerprint density at radius 1 is 0.772 bits per heavy atom. The summed E-state index contributed by atoms with van der Waals surface area (Å²) >= 11 is 0. The number of nitrogens with one attached hydrogen (secondary N) is 4. The van der Waals surface area contributed by atoms with Crippen molar-refractivity contribution in [1.29, 1.82) is 0 Å². The van der Waals surface area contributed by atoms with Gasteiger partial charge >= 0.3 is 18.0 Å². The molecule has 1 aliphatic rings. The maximum absolute atomic E-state index is 14.1. The van der Waals surface area contributed by atoms with E-state index >= 15 is 0 Å². The number of rotatable bonds is 19. The highest BCUT2D eigenvalue weighted by Crippen LogP contribution is 2.20. The zero-order valence-electron chi connectivity index (χ0n) is 34.0. The van der Waals surface area contributed by atoms with Crippen LogP contribution >= 0.6 is 0 Å². The lowest BCUT2D eigenvalue weighted by Gasteiger charge is -2.30. The smallest absolute Gasteiger partial charge is 0.408 e. The number of aliphatic carboxylic acids is 1. The molecule has 1 aliphatic heterocycles. The molecule has 0 radical (unpaired) electrons. The van der Waals surface area contributed by atoms with Gasteiger partial charge in [-0.1, -0.05) is 88.4 Å². The van der Waals surface area contributed by atoms with Crippen LogP contribution in [-0.2, 0) is 51.3 Å². The SMILES string of the molecule is CC(C)C[C@H](NC(=O)[C@H](CCC(=O)OCc1ccccc1)NC(=O)[C@@H](NC(=O)OC(C)(C)C)C(C)C)C(=O)N[C@H](Cc1ccccc1)C(=O)N1CCC[C@H]1C(=O)O. The highest BCUT2D eigenvalue weighted by Gasteiger charge is 2.39. The standard InChI is InChI=1S/C42H59N5O10/c1-26(2)23-31(37(50)45-32(24-28-15-10-8-11-16-28)39(52)47-22-14-19-33(47)40(53)54)44-36(49)30(20-21-34(48)56-25-29-17-12-9-13-18-29)43-38(51)35(27(3)4)46-41(55)57-42(5,6)7/h8-13,15-18,26-27,30-33,35H,14,19-25H2,1-7H3,(H,43,51)(H,44,49)(H,45,50)(H,46,55)(H,53,54)/t30-,31-,32+,33-,35-/m0/s1. The first-order valence-electron chi connectivity index (χ1n) is 19.5. The van der Waals surface area contributed by atoms with E-state index in [-0.39, 0.29) is 51.2 Å². The highest BCUT2D eigenvalue weighted by atomic mass is 16.6. The average molecular weight is 794 g/mol. The Kier molecular flexibility index (Phi) is 17.5. The summed E-state index contributed by atoms with van der Waals surface area (Å²) < 4.78 is 10.7. The van der Waals surface area contributed by atoms with Crippen LogP contribution in [0.25, 0.3) is 0 Å². The van der Waals surface area contributed by atoms with Gasteiger partial charge in [-0.15, -0.1) is 0 Å². The molecule has 1 heterocycles. The number of nitrogens with zero attached hydrogens (tertiary/aromatic N) is 1.